The molecular formula is C33H67NO14. The van der Waals surface area contributed by atoms with Crippen molar-refractivity contribution in [1.82, 2.24) is 4.90 Å². The Hall–Kier alpha value is -1.21. The van der Waals surface area contributed by atoms with Crippen LogP contribution < -0.4 is 0 Å². The van der Waals surface area contributed by atoms with E-state index < -0.39 is 5.60 Å². The summed E-state index contributed by atoms with van der Waals surface area (Å²) >= 11 is 0. The topological polar surface area (TPSA) is 151 Å². The van der Waals surface area contributed by atoms with E-state index in [0.717, 1.165) is 19.3 Å². The minimum absolute atomic E-state index is 0.0229. The second kappa shape index (κ2) is 37.1. The average molecular weight is 702 g/mol. The maximum absolute atomic E-state index is 11.9. The van der Waals surface area contributed by atoms with E-state index in [1.165, 1.54) is 0 Å². The third-order valence-electron chi connectivity index (χ3n) is 5.94. The van der Waals surface area contributed by atoms with Gasteiger partial charge in [-0.1, -0.05) is 0 Å². The quantitative estimate of drug-likeness (QED) is 0.0937. The number of hydrogen-bond donors (Lipinski definition) is 1. The summed E-state index contributed by atoms with van der Waals surface area (Å²) < 4.78 is 65.1. The van der Waals surface area contributed by atoms with E-state index in [1.54, 1.807) is 11.9 Å². The molecular weight excluding hydrogens is 634 g/mol. The summed E-state index contributed by atoms with van der Waals surface area (Å²) in [4.78, 5) is 13.5. The highest BCUT2D eigenvalue weighted by molar-refractivity contribution is 5.67. The lowest BCUT2D eigenvalue weighted by molar-refractivity contribution is -0.0278. The van der Waals surface area contributed by atoms with Crippen LogP contribution in [-0.2, 0) is 56.8 Å². The molecule has 288 valence electrons. The molecule has 15 heteroatoms. The van der Waals surface area contributed by atoms with Crippen molar-refractivity contribution in [1.29, 1.82) is 0 Å². The smallest absolute Gasteiger partial charge is 0.410 e. The number of carbonyl (C=O) groups excluding carboxylic acids is 1. The van der Waals surface area contributed by atoms with Crippen LogP contribution in [0.4, 0.5) is 4.79 Å². The number of aliphatic hydroxyl groups is 1. The first-order valence-corrected chi connectivity index (χ1v) is 17.3. The van der Waals surface area contributed by atoms with Gasteiger partial charge in [-0.25, -0.2) is 4.79 Å². The van der Waals surface area contributed by atoms with Gasteiger partial charge in [0.15, 0.2) is 0 Å². The van der Waals surface area contributed by atoms with Crippen LogP contribution in [0.2, 0.25) is 0 Å². The summed E-state index contributed by atoms with van der Waals surface area (Å²) in [6.07, 6.45) is 2.56. The SMILES string of the molecule is CN(CCCCCOCCOCCOCCOCCOCCOCCOCCOCCOCCOCCOCCO)C(=O)OC(C)(C)C. The van der Waals surface area contributed by atoms with Crippen LogP contribution in [0.5, 0.6) is 0 Å². The Morgan fingerprint density at radius 3 is 0.979 bits per heavy atom. The lowest BCUT2D eigenvalue weighted by Crippen LogP contribution is -2.34. The third kappa shape index (κ3) is 39.2. The first-order chi connectivity index (χ1) is 23.4. The molecule has 0 spiro atoms. The number of amides is 1. The van der Waals surface area contributed by atoms with Gasteiger partial charge in [0.05, 0.1) is 145 Å². The van der Waals surface area contributed by atoms with Crippen molar-refractivity contribution in [2.45, 2.75) is 45.6 Å². The Morgan fingerprint density at radius 1 is 0.438 bits per heavy atom. The molecule has 15 nitrogen and oxygen atoms in total. The predicted octanol–water partition coefficient (Wildman–Crippen LogP) is 2.20. The second-order valence-corrected chi connectivity index (χ2v) is 11.4. The molecule has 0 fully saturated rings. The van der Waals surface area contributed by atoms with E-state index in [2.05, 4.69) is 0 Å². The van der Waals surface area contributed by atoms with Crippen molar-refractivity contribution in [3.8, 4) is 0 Å². The third-order valence-corrected chi connectivity index (χ3v) is 5.94. The maximum atomic E-state index is 11.9. The van der Waals surface area contributed by atoms with Gasteiger partial charge >= 0.3 is 6.09 Å². The fourth-order valence-electron chi connectivity index (χ4n) is 3.53. The van der Waals surface area contributed by atoms with Gasteiger partial charge in [0.1, 0.15) is 5.60 Å². The molecule has 1 N–H and O–H groups in total. The van der Waals surface area contributed by atoms with Gasteiger partial charge < -0.3 is 66.8 Å². The number of aliphatic hydroxyl groups excluding tert-OH is 1. The van der Waals surface area contributed by atoms with E-state index in [4.69, 9.17) is 61.9 Å². The lowest BCUT2D eigenvalue weighted by Gasteiger charge is -2.24. The molecule has 0 aliphatic rings. The zero-order valence-corrected chi connectivity index (χ0v) is 30.3. The van der Waals surface area contributed by atoms with Crippen LogP contribution in [-0.4, -0.2) is 187 Å². The van der Waals surface area contributed by atoms with Crippen LogP contribution in [0.25, 0.3) is 0 Å². The van der Waals surface area contributed by atoms with Crippen LogP contribution in [0.3, 0.4) is 0 Å². The molecule has 0 aromatic heterocycles. The van der Waals surface area contributed by atoms with Crippen molar-refractivity contribution in [2.24, 2.45) is 0 Å². The van der Waals surface area contributed by atoms with Gasteiger partial charge in [0.25, 0.3) is 0 Å². The number of nitrogens with zero attached hydrogens (tertiary/aromatic N) is 1. The fourth-order valence-corrected chi connectivity index (χ4v) is 3.53. The first-order valence-electron chi connectivity index (χ1n) is 17.3. The summed E-state index contributed by atoms with van der Waals surface area (Å²) in [6.45, 7) is 17.4. The molecule has 1 amide bonds. The molecule has 0 saturated heterocycles. The van der Waals surface area contributed by atoms with Crippen molar-refractivity contribution < 1.29 is 66.7 Å². The monoisotopic (exact) mass is 701 g/mol. The highest BCUT2D eigenvalue weighted by Gasteiger charge is 2.19. The molecule has 0 unspecified atom stereocenters. The van der Waals surface area contributed by atoms with Gasteiger partial charge in [-0.2, -0.15) is 0 Å². The van der Waals surface area contributed by atoms with Gasteiger partial charge in [0, 0.05) is 20.2 Å². The van der Waals surface area contributed by atoms with Crippen LogP contribution in [0.1, 0.15) is 40.0 Å². The van der Waals surface area contributed by atoms with E-state index in [-0.39, 0.29) is 12.7 Å². The second-order valence-electron chi connectivity index (χ2n) is 11.4. The Labute approximate surface area is 288 Å². The normalized spacial score (nSPS) is 11.8. The van der Waals surface area contributed by atoms with Crippen molar-refractivity contribution in [2.75, 3.05) is 166 Å². The Kier molecular flexibility index (Phi) is 36.1. The van der Waals surface area contributed by atoms with Crippen LogP contribution in [0.15, 0.2) is 0 Å². The lowest BCUT2D eigenvalue weighted by atomic mass is 10.2. The van der Waals surface area contributed by atoms with Gasteiger partial charge in [0.2, 0.25) is 0 Å². The molecule has 0 heterocycles. The number of unbranched alkanes of at least 4 members (excludes halogenated alkanes) is 2. The highest BCUT2D eigenvalue weighted by Crippen LogP contribution is 2.09. The van der Waals surface area contributed by atoms with Crippen molar-refractivity contribution in [3.63, 3.8) is 0 Å². The summed E-state index contributed by atoms with van der Waals surface area (Å²) in [5.41, 5.74) is -0.471. The standard InChI is InChI=1S/C33H67NO14/c1-33(2,3)48-32(36)34(4)8-6-5-7-10-37-12-14-39-16-18-41-20-22-43-24-26-45-28-30-47-31-29-46-27-25-44-23-21-42-19-17-40-15-13-38-11-9-35/h35H,5-31H2,1-4H3. The number of carbonyl (C=O) groups is 1. The summed E-state index contributed by atoms with van der Waals surface area (Å²) in [5.74, 6) is 0. The molecule has 0 bridgehead atoms. The number of ether oxygens (including phenoxy) is 12. The maximum Gasteiger partial charge on any atom is 0.410 e. The van der Waals surface area contributed by atoms with Gasteiger partial charge in [-0.05, 0) is 40.0 Å². The molecule has 0 atom stereocenters. The molecule has 0 radical (unpaired) electrons. The fraction of sp³-hybridized carbons (Fsp3) is 0.970. The largest absolute Gasteiger partial charge is 0.444 e. The summed E-state index contributed by atoms with van der Waals surface area (Å²) in [7, 11) is 1.76. The molecule has 0 saturated carbocycles. The van der Waals surface area contributed by atoms with Crippen LogP contribution in [0, 0.1) is 0 Å². The summed E-state index contributed by atoms with van der Waals surface area (Å²) in [5, 5.41) is 8.58. The van der Waals surface area contributed by atoms with Gasteiger partial charge in [-0.15, -0.1) is 0 Å². The molecule has 0 rings (SSSR count). The number of hydrogen-bond acceptors (Lipinski definition) is 14. The molecule has 0 aliphatic heterocycles. The molecule has 48 heavy (non-hydrogen) atoms. The van der Waals surface area contributed by atoms with E-state index >= 15 is 0 Å². The first kappa shape index (κ1) is 46.8. The predicted molar refractivity (Wildman–Crippen MR) is 179 cm³/mol. The van der Waals surface area contributed by atoms with E-state index in [1.807, 2.05) is 20.8 Å². The molecule has 0 aromatic rings. The highest BCUT2D eigenvalue weighted by atomic mass is 16.6. The van der Waals surface area contributed by atoms with Gasteiger partial charge in [-0.3, -0.25) is 0 Å². The molecule has 0 aliphatic carbocycles. The summed E-state index contributed by atoms with van der Waals surface area (Å²) in [6, 6.07) is 0. The minimum Gasteiger partial charge on any atom is -0.444 e. The van der Waals surface area contributed by atoms with Crippen molar-refractivity contribution in [3.05, 3.63) is 0 Å². The Morgan fingerprint density at radius 2 is 0.708 bits per heavy atom. The van der Waals surface area contributed by atoms with Crippen LogP contribution >= 0.6 is 0 Å². The Balaban J connectivity index is 3.13. The average Bonchev–Trinajstić information content (AvgIpc) is 3.05. The molecule has 0 aromatic carbocycles. The van der Waals surface area contributed by atoms with E-state index in [9.17, 15) is 4.79 Å². The minimum atomic E-state index is -0.471. The van der Waals surface area contributed by atoms with Crippen molar-refractivity contribution >= 4 is 6.09 Å². The zero-order valence-electron chi connectivity index (χ0n) is 30.3. The Bertz CT molecular complexity index is 656. The zero-order chi connectivity index (χ0) is 35.2. The van der Waals surface area contributed by atoms with E-state index in [0.29, 0.717) is 152 Å². The number of rotatable bonds is 38.